The first-order chi connectivity index (χ1) is 11.5. The maximum Gasteiger partial charge on any atom is 0.310 e. The van der Waals surface area contributed by atoms with Gasteiger partial charge in [-0.15, -0.1) is 11.3 Å². The Bertz CT molecular complexity index is 698. The summed E-state index contributed by atoms with van der Waals surface area (Å²) in [5.41, 5.74) is 0.427. The minimum Gasteiger partial charge on any atom is -0.481 e. The fourth-order valence-electron chi connectivity index (χ4n) is 3.60. The van der Waals surface area contributed by atoms with Crippen LogP contribution in [0.15, 0.2) is 11.4 Å². The van der Waals surface area contributed by atoms with Crippen LogP contribution in [0, 0.1) is 11.8 Å². The lowest BCUT2D eigenvalue weighted by Gasteiger charge is -2.23. The zero-order valence-electron chi connectivity index (χ0n) is 12.9. The van der Waals surface area contributed by atoms with Gasteiger partial charge in [0, 0.05) is 6.04 Å². The molecule has 0 spiro atoms. The minimum absolute atomic E-state index is 0.201. The Kier molecular flexibility index (Phi) is 3.80. The molecular weight excluding hydrogens is 332 g/mol. The summed E-state index contributed by atoms with van der Waals surface area (Å²) < 4.78 is 5.62. The predicted octanol–water partition coefficient (Wildman–Crippen LogP) is 1.46. The van der Waals surface area contributed by atoms with Crippen molar-refractivity contribution in [2.75, 3.05) is 5.32 Å². The van der Waals surface area contributed by atoms with E-state index in [2.05, 4.69) is 10.6 Å². The Balaban J connectivity index is 1.49. The number of aliphatic carboxylic acids is 1. The van der Waals surface area contributed by atoms with E-state index in [0.29, 0.717) is 23.4 Å². The second-order valence-corrected chi connectivity index (χ2v) is 7.50. The number of fused-ring (bicyclic) bond motifs is 2. The van der Waals surface area contributed by atoms with Crippen LogP contribution in [0.5, 0.6) is 0 Å². The lowest BCUT2D eigenvalue weighted by molar-refractivity contribution is -0.147. The van der Waals surface area contributed by atoms with Crippen molar-refractivity contribution in [3.63, 3.8) is 0 Å². The molecule has 0 unspecified atom stereocenters. The summed E-state index contributed by atoms with van der Waals surface area (Å²) in [6, 6.07) is 1.90. The van der Waals surface area contributed by atoms with Crippen LogP contribution >= 0.6 is 11.3 Å². The standard InChI is InChI=1S/C16H18N2O5S/c19-13(17-7-1-2-7)8-5-6-24-15(8)18-14(20)11-9-3-4-10(23-9)12(11)16(21)22/h5-7,9-12H,1-4H2,(H,17,19)(H,18,20)(H,21,22)/t9-,10-,11-,12-/m1/s1. The van der Waals surface area contributed by atoms with E-state index in [0.717, 1.165) is 12.8 Å². The fraction of sp³-hybridized carbons (Fsp3) is 0.562. The highest BCUT2D eigenvalue weighted by Crippen LogP contribution is 2.44. The van der Waals surface area contributed by atoms with E-state index in [-0.39, 0.29) is 30.1 Å². The number of rotatable bonds is 5. The zero-order valence-corrected chi connectivity index (χ0v) is 13.7. The summed E-state index contributed by atoms with van der Waals surface area (Å²) in [6.07, 6.45) is 2.62. The minimum atomic E-state index is -1.000. The van der Waals surface area contributed by atoms with Crippen LogP contribution in [0.4, 0.5) is 5.00 Å². The Morgan fingerprint density at radius 2 is 1.83 bits per heavy atom. The number of amides is 2. The number of hydrogen-bond acceptors (Lipinski definition) is 5. The third-order valence-corrected chi connectivity index (χ3v) is 5.75. The average molecular weight is 350 g/mol. The second kappa shape index (κ2) is 5.86. The van der Waals surface area contributed by atoms with Crippen LogP contribution in [0.3, 0.4) is 0 Å². The third-order valence-electron chi connectivity index (χ3n) is 4.92. The van der Waals surface area contributed by atoms with Crippen LogP contribution in [-0.2, 0) is 14.3 Å². The number of carboxylic acid groups (broad SMARTS) is 1. The average Bonchev–Trinajstić information content (AvgIpc) is 2.98. The normalized spacial score (nSPS) is 31.0. The number of carboxylic acids is 1. The largest absolute Gasteiger partial charge is 0.481 e. The predicted molar refractivity (Wildman–Crippen MR) is 85.9 cm³/mol. The van der Waals surface area contributed by atoms with Crippen LogP contribution in [-0.4, -0.2) is 41.1 Å². The molecule has 2 bridgehead atoms. The lowest BCUT2D eigenvalue weighted by Crippen LogP contribution is -2.41. The van der Waals surface area contributed by atoms with E-state index in [1.54, 1.807) is 11.4 Å². The highest BCUT2D eigenvalue weighted by atomic mass is 32.1. The summed E-state index contributed by atoms with van der Waals surface area (Å²) in [5, 5.41) is 17.3. The molecule has 0 aromatic carbocycles. The number of anilines is 1. The van der Waals surface area contributed by atoms with E-state index in [4.69, 9.17) is 4.74 Å². The van der Waals surface area contributed by atoms with Gasteiger partial charge >= 0.3 is 5.97 Å². The van der Waals surface area contributed by atoms with E-state index in [1.165, 1.54) is 11.3 Å². The first-order valence-corrected chi connectivity index (χ1v) is 9.00. The molecule has 2 aliphatic heterocycles. The quantitative estimate of drug-likeness (QED) is 0.746. The summed E-state index contributed by atoms with van der Waals surface area (Å²) in [6.45, 7) is 0. The molecule has 1 aromatic rings. The van der Waals surface area contributed by atoms with Crippen molar-refractivity contribution >= 4 is 34.1 Å². The van der Waals surface area contributed by atoms with Gasteiger partial charge in [-0.3, -0.25) is 14.4 Å². The summed E-state index contributed by atoms with van der Waals surface area (Å²) >= 11 is 1.26. The summed E-state index contributed by atoms with van der Waals surface area (Å²) in [5.74, 6) is -3.10. The van der Waals surface area contributed by atoms with Crippen LogP contribution < -0.4 is 10.6 Å². The lowest BCUT2D eigenvalue weighted by atomic mass is 9.79. The van der Waals surface area contributed by atoms with E-state index in [9.17, 15) is 19.5 Å². The van der Waals surface area contributed by atoms with E-state index in [1.807, 2.05) is 0 Å². The molecule has 128 valence electrons. The topological polar surface area (TPSA) is 105 Å². The molecule has 8 heteroatoms. The Morgan fingerprint density at radius 3 is 2.50 bits per heavy atom. The first-order valence-electron chi connectivity index (χ1n) is 8.12. The molecule has 24 heavy (non-hydrogen) atoms. The van der Waals surface area contributed by atoms with Gasteiger partial charge in [-0.25, -0.2) is 0 Å². The number of thiophene rings is 1. The number of hydrogen-bond donors (Lipinski definition) is 3. The molecule has 2 saturated heterocycles. The smallest absolute Gasteiger partial charge is 0.310 e. The van der Waals surface area contributed by atoms with Crippen LogP contribution in [0.1, 0.15) is 36.0 Å². The molecule has 1 aromatic heterocycles. The number of ether oxygens (including phenoxy) is 1. The highest BCUT2D eigenvalue weighted by Gasteiger charge is 2.55. The van der Waals surface area contributed by atoms with Gasteiger partial charge in [0.25, 0.3) is 5.91 Å². The molecule has 3 aliphatic rings. The first kappa shape index (κ1) is 15.6. The van der Waals surface area contributed by atoms with Crippen LogP contribution in [0.25, 0.3) is 0 Å². The molecule has 3 fully saturated rings. The van der Waals surface area contributed by atoms with Crippen molar-refractivity contribution in [1.29, 1.82) is 0 Å². The van der Waals surface area contributed by atoms with Crippen molar-refractivity contribution in [1.82, 2.24) is 5.32 Å². The number of carbonyl (C=O) groups is 3. The van der Waals surface area contributed by atoms with Crippen molar-refractivity contribution in [3.05, 3.63) is 17.0 Å². The number of nitrogens with one attached hydrogen (secondary N) is 2. The number of carbonyl (C=O) groups excluding carboxylic acids is 2. The van der Waals surface area contributed by atoms with Gasteiger partial charge < -0.3 is 20.5 Å². The molecule has 4 atom stereocenters. The van der Waals surface area contributed by atoms with Gasteiger partial charge in [0.1, 0.15) is 5.00 Å². The molecular formula is C16H18N2O5S. The molecule has 2 amide bonds. The van der Waals surface area contributed by atoms with Gasteiger partial charge in [-0.05, 0) is 37.1 Å². The molecule has 4 rings (SSSR count). The van der Waals surface area contributed by atoms with E-state index < -0.39 is 17.8 Å². The Morgan fingerprint density at radius 1 is 1.12 bits per heavy atom. The maximum atomic E-state index is 12.6. The SMILES string of the molecule is O=C(NC1CC1)c1ccsc1NC(=O)[C@H]1[C@H](C(=O)O)[C@H]2CC[C@H]1O2. The molecule has 1 aliphatic carbocycles. The van der Waals surface area contributed by atoms with Gasteiger partial charge in [-0.2, -0.15) is 0 Å². The monoisotopic (exact) mass is 350 g/mol. The van der Waals surface area contributed by atoms with Crippen molar-refractivity contribution in [3.8, 4) is 0 Å². The van der Waals surface area contributed by atoms with Crippen molar-refractivity contribution < 1.29 is 24.2 Å². The van der Waals surface area contributed by atoms with Crippen molar-refractivity contribution in [2.45, 2.75) is 43.9 Å². The molecule has 7 nitrogen and oxygen atoms in total. The van der Waals surface area contributed by atoms with Gasteiger partial charge in [0.05, 0.1) is 29.6 Å². The Hall–Kier alpha value is -1.93. The molecule has 3 N–H and O–H groups in total. The van der Waals surface area contributed by atoms with E-state index >= 15 is 0 Å². The fourth-order valence-corrected chi connectivity index (χ4v) is 4.38. The van der Waals surface area contributed by atoms with Gasteiger partial charge in [-0.1, -0.05) is 0 Å². The zero-order chi connectivity index (χ0) is 16.8. The van der Waals surface area contributed by atoms with Crippen molar-refractivity contribution in [2.24, 2.45) is 11.8 Å². The Labute approximate surface area is 142 Å². The highest BCUT2D eigenvalue weighted by molar-refractivity contribution is 7.14. The molecule has 1 saturated carbocycles. The van der Waals surface area contributed by atoms with Gasteiger partial charge in [0.2, 0.25) is 5.91 Å². The summed E-state index contributed by atoms with van der Waals surface area (Å²) in [4.78, 5) is 36.3. The van der Waals surface area contributed by atoms with Gasteiger partial charge in [0.15, 0.2) is 0 Å². The third kappa shape index (κ3) is 2.69. The molecule has 0 radical (unpaired) electrons. The second-order valence-electron chi connectivity index (χ2n) is 6.58. The van der Waals surface area contributed by atoms with Crippen LogP contribution in [0.2, 0.25) is 0 Å². The maximum absolute atomic E-state index is 12.6. The summed E-state index contributed by atoms with van der Waals surface area (Å²) in [7, 11) is 0. The molecule has 3 heterocycles.